The van der Waals surface area contributed by atoms with Gasteiger partial charge in [0, 0.05) is 0 Å². The normalized spacial score (nSPS) is 14.9. The maximum atomic E-state index is 12.2. The molecule has 1 aliphatic rings. The van der Waals surface area contributed by atoms with Gasteiger partial charge in [-0.1, -0.05) is 0 Å². The Balaban J connectivity index is 1.57. The number of hydrogen-bond donors (Lipinski definition) is 1. The minimum atomic E-state index is -0.736. The second-order valence-corrected chi connectivity index (χ2v) is 10.8. The molecule has 1 aliphatic heterocycles. The summed E-state index contributed by atoms with van der Waals surface area (Å²) in [6, 6.07) is 8.37. The molecule has 1 unspecified atom stereocenters. The molecule has 2 aromatic rings. The van der Waals surface area contributed by atoms with E-state index in [4.69, 9.17) is 10.5 Å². The number of carbonyl (C=O) groups is 2. The molecule has 1 aromatic carbocycles. The predicted octanol–water partition coefficient (Wildman–Crippen LogP) is 0.706. The summed E-state index contributed by atoms with van der Waals surface area (Å²) in [7, 11) is 0. The number of carbonyl (C=O) groups excluding carboxylic acids is 2. The van der Waals surface area contributed by atoms with Crippen LogP contribution >= 0.6 is 0 Å². The average molecular weight is 473 g/mol. The zero-order chi connectivity index (χ0) is 21.9. The van der Waals surface area contributed by atoms with Gasteiger partial charge in [-0.05, 0) is 0 Å². The van der Waals surface area contributed by atoms with E-state index in [0.717, 1.165) is 18.8 Å². The summed E-state index contributed by atoms with van der Waals surface area (Å²) >= 11 is -0.736. The van der Waals surface area contributed by atoms with Crippen LogP contribution < -0.4 is 19.6 Å². The Bertz CT molecular complexity index is 919. The molecule has 9 heteroatoms. The third-order valence-electron chi connectivity index (χ3n) is 4.62. The maximum absolute atomic E-state index is 12.2. The summed E-state index contributed by atoms with van der Waals surface area (Å²) in [6.07, 6.45) is 1.26. The van der Waals surface area contributed by atoms with Crippen LogP contribution in [0.4, 0.5) is 16.3 Å². The third-order valence-corrected chi connectivity index (χ3v) is 6.90. The number of hydrogen-bond acceptors (Lipinski definition) is 7. The molecule has 0 saturated carbocycles. The van der Waals surface area contributed by atoms with Crippen LogP contribution in [0.5, 0.6) is 0 Å². The molecule has 0 radical (unpaired) electrons. The molecule has 1 amide bonds. The van der Waals surface area contributed by atoms with Crippen LogP contribution in [0.1, 0.15) is 38.1 Å². The first-order chi connectivity index (χ1) is 14.1. The van der Waals surface area contributed by atoms with Crippen molar-refractivity contribution in [2.24, 2.45) is 0 Å². The Labute approximate surface area is 183 Å². The number of benzene rings is 1. The van der Waals surface area contributed by atoms with Gasteiger partial charge in [0.1, 0.15) is 0 Å². The van der Waals surface area contributed by atoms with Gasteiger partial charge in [0.05, 0.1) is 0 Å². The van der Waals surface area contributed by atoms with Gasteiger partial charge in [-0.25, -0.2) is 0 Å². The Morgan fingerprint density at radius 2 is 1.73 bits per heavy atom. The molecule has 1 fully saturated rings. The topological polar surface area (TPSA) is 102 Å². The van der Waals surface area contributed by atoms with E-state index in [1.165, 1.54) is 17.5 Å². The van der Waals surface area contributed by atoms with Gasteiger partial charge >= 0.3 is 183 Å². The summed E-state index contributed by atoms with van der Waals surface area (Å²) in [5.74, 6) is 0.117. The molecule has 3 rings (SSSR count). The van der Waals surface area contributed by atoms with Crippen LogP contribution in [-0.2, 0) is 4.74 Å². The Morgan fingerprint density at radius 1 is 1.10 bits per heavy atom. The summed E-state index contributed by atoms with van der Waals surface area (Å²) in [5, 5.41) is 0. The summed E-state index contributed by atoms with van der Waals surface area (Å²) < 4.78 is 7.34. The van der Waals surface area contributed by atoms with Gasteiger partial charge in [0.25, 0.3) is 0 Å². The standard InChI is InChI=1S/C21H28AsN5O3/c1-14(28)17-13-24-19(25-18(17)23)22-15-5-7-16(8-6-15)26-9-11-27(12-10-26)20(29)30-21(2,3)4/h5-8,13,22H,9-12H2,1-4H3,(H2,23,24,25). The second-order valence-electron chi connectivity index (χ2n) is 8.18. The summed E-state index contributed by atoms with van der Waals surface area (Å²) in [6.45, 7) is 9.90. The number of amides is 1. The summed E-state index contributed by atoms with van der Waals surface area (Å²) in [4.78, 5) is 36.3. The van der Waals surface area contributed by atoms with Crippen molar-refractivity contribution in [3.63, 3.8) is 0 Å². The third kappa shape index (κ3) is 5.72. The molecule has 1 atom stereocenters. The second kappa shape index (κ2) is 9.04. The first kappa shape index (κ1) is 22.1. The molecule has 1 saturated heterocycles. The molecule has 30 heavy (non-hydrogen) atoms. The van der Waals surface area contributed by atoms with Crippen molar-refractivity contribution in [2.45, 2.75) is 33.3 Å². The number of rotatable bonds is 4. The van der Waals surface area contributed by atoms with Crippen molar-refractivity contribution in [1.82, 2.24) is 14.9 Å². The van der Waals surface area contributed by atoms with Gasteiger partial charge in [-0.3, -0.25) is 0 Å². The van der Waals surface area contributed by atoms with Crippen molar-refractivity contribution in [3.05, 3.63) is 36.0 Å². The molecule has 2 N–H and O–H groups in total. The number of ether oxygens (including phenoxy) is 1. The number of nitrogen functional groups attached to an aromatic ring is 1. The van der Waals surface area contributed by atoms with Crippen LogP contribution in [0.3, 0.4) is 0 Å². The monoisotopic (exact) mass is 473 g/mol. The predicted molar refractivity (Wildman–Crippen MR) is 119 cm³/mol. The molecule has 0 bridgehead atoms. The van der Waals surface area contributed by atoms with Gasteiger partial charge in [-0.2, -0.15) is 0 Å². The van der Waals surface area contributed by atoms with Crippen molar-refractivity contribution in [3.8, 4) is 0 Å². The average Bonchev–Trinajstić information content (AvgIpc) is 2.67. The number of nitrogens with two attached hydrogens (primary N) is 1. The van der Waals surface area contributed by atoms with Gasteiger partial charge in [0.15, 0.2) is 0 Å². The zero-order valence-electron chi connectivity index (χ0n) is 17.8. The Hall–Kier alpha value is -2.60. The molecule has 2 heterocycles. The number of aromatic nitrogens is 2. The van der Waals surface area contributed by atoms with Crippen molar-refractivity contribution >= 4 is 48.1 Å². The minimum absolute atomic E-state index is 0.129. The number of nitrogens with zero attached hydrogens (tertiary/aromatic N) is 4. The summed E-state index contributed by atoms with van der Waals surface area (Å²) in [5.41, 5.74) is 6.88. The van der Waals surface area contributed by atoms with Gasteiger partial charge in [0.2, 0.25) is 0 Å². The SMILES string of the molecule is CC(=O)c1cnc([AsH]c2ccc(N3CCN(C(=O)OC(C)(C)C)CC3)cc2)nc1N. The van der Waals surface area contributed by atoms with Crippen LogP contribution in [0, 0.1) is 0 Å². The Kier molecular flexibility index (Phi) is 6.66. The van der Waals surface area contributed by atoms with Crippen LogP contribution in [-0.4, -0.2) is 74.3 Å². The van der Waals surface area contributed by atoms with Gasteiger partial charge < -0.3 is 0 Å². The van der Waals surface area contributed by atoms with Crippen molar-refractivity contribution < 1.29 is 14.3 Å². The van der Waals surface area contributed by atoms with Crippen LogP contribution in [0.25, 0.3) is 0 Å². The zero-order valence-corrected chi connectivity index (χ0v) is 19.9. The fourth-order valence-corrected chi connectivity index (χ4v) is 4.97. The van der Waals surface area contributed by atoms with E-state index in [1.807, 2.05) is 20.8 Å². The molecular formula is C21H28AsN5O3. The molecule has 1 aromatic heterocycles. The van der Waals surface area contributed by atoms with Crippen LogP contribution in [0.15, 0.2) is 30.5 Å². The quantitative estimate of drug-likeness (QED) is 0.516. The number of ketones is 1. The first-order valence-electron chi connectivity index (χ1n) is 9.86. The fourth-order valence-electron chi connectivity index (χ4n) is 3.08. The van der Waals surface area contributed by atoms with Crippen molar-refractivity contribution in [1.29, 1.82) is 0 Å². The van der Waals surface area contributed by atoms with E-state index in [9.17, 15) is 9.59 Å². The van der Waals surface area contributed by atoms with E-state index in [2.05, 4.69) is 39.1 Å². The van der Waals surface area contributed by atoms with Gasteiger partial charge in [-0.15, -0.1) is 0 Å². The fraction of sp³-hybridized carbons (Fsp3) is 0.429. The van der Waals surface area contributed by atoms with Crippen LogP contribution in [0.2, 0.25) is 0 Å². The van der Waals surface area contributed by atoms with E-state index >= 15 is 0 Å². The molecule has 0 spiro atoms. The van der Waals surface area contributed by atoms with E-state index in [1.54, 1.807) is 4.90 Å². The van der Waals surface area contributed by atoms with E-state index in [0.29, 0.717) is 23.3 Å². The van der Waals surface area contributed by atoms with E-state index in [-0.39, 0.29) is 17.7 Å². The molecule has 8 nitrogen and oxygen atoms in total. The molecule has 0 aliphatic carbocycles. The molecular weight excluding hydrogens is 445 g/mol. The number of anilines is 2. The molecule has 160 valence electrons. The first-order valence-corrected chi connectivity index (χ1v) is 12.0. The number of piperazine rings is 1. The van der Waals surface area contributed by atoms with E-state index < -0.39 is 21.4 Å². The van der Waals surface area contributed by atoms with Crippen molar-refractivity contribution in [2.75, 3.05) is 36.8 Å². The Morgan fingerprint density at radius 3 is 2.27 bits per heavy atom. The number of Topliss-reactive ketones (excluding diaryl/α,β-unsaturated/α-hetero) is 1.